The van der Waals surface area contributed by atoms with Crippen LogP contribution in [0, 0.1) is 13.8 Å². The Morgan fingerprint density at radius 1 is 0.824 bits per heavy atom. The molecule has 0 radical (unpaired) electrons. The highest BCUT2D eigenvalue weighted by molar-refractivity contribution is 6.40. The minimum atomic E-state index is 0.796. The van der Waals surface area contributed by atoms with Crippen LogP contribution < -0.4 is 0 Å². The topological polar surface area (TPSA) is 12.9 Å². The van der Waals surface area contributed by atoms with Crippen LogP contribution in [-0.4, -0.2) is 4.98 Å². The van der Waals surface area contributed by atoms with Crippen molar-refractivity contribution in [2.75, 3.05) is 0 Å². The van der Waals surface area contributed by atoms with Crippen LogP contribution in [0.5, 0.6) is 0 Å². The second-order valence-corrected chi connectivity index (χ2v) is 4.84. The van der Waals surface area contributed by atoms with E-state index in [-0.39, 0.29) is 0 Å². The monoisotopic (exact) mass is 241 g/mol. The first kappa shape index (κ1) is 10.5. The van der Waals surface area contributed by atoms with E-state index in [1.807, 2.05) is 12.1 Å². The first-order valence-electron chi connectivity index (χ1n) is 5.61. The molecule has 0 aliphatic carbocycles. The summed E-state index contributed by atoms with van der Waals surface area (Å²) in [6.07, 6.45) is 0. The van der Waals surface area contributed by atoms with E-state index in [0.29, 0.717) is 0 Å². The van der Waals surface area contributed by atoms with Crippen molar-refractivity contribution >= 4 is 33.4 Å². The first-order valence-corrected chi connectivity index (χ1v) is 5.99. The quantitative estimate of drug-likeness (QED) is 0.522. The van der Waals surface area contributed by atoms with Crippen LogP contribution in [0.4, 0.5) is 0 Å². The lowest BCUT2D eigenvalue weighted by atomic mass is 10.1. The number of aromatic nitrogens is 1. The van der Waals surface area contributed by atoms with Crippen molar-refractivity contribution in [2.24, 2.45) is 0 Å². The molecule has 2 heteroatoms. The minimum absolute atomic E-state index is 0.796. The third kappa shape index (κ3) is 1.67. The van der Waals surface area contributed by atoms with Crippen molar-refractivity contribution in [1.29, 1.82) is 0 Å². The smallest absolute Gasteiger partial charge is 0.0727 e. The van der Waals surface area contributed by atoms with Crippen molar-refractivity contribution in [1.82, 2.24) is 4.98 Å². The van der Waals surface area contributed by atoms with E-state index in [0.717, 1.165) is 26.8 Å². The van der Waals surface area contributed by atoms with Gasteiger partial charge in [-0.15, -0.1) is 0 Å². The number of benzene rings is 2. The summed E-state index contributed by atoms with van der Waals surface area (Å²) < 4.78 is 0. The van der Waals surface area contributed by atoms with E-state index >= 15 is 0 Å². The van der Waals surface area contributed by atoms with Crippen LogP contribution in [0.15, 0.2) is 36.4 Å². The Hall–Kier alpha value is -1.60. The Bertz CT molecular complexity index is 672. The molecule has 3 aromatic rings. The van der Waals surface area contributed by atoms with Gasteiger partial charge in [0.2, 0.25) is 0 Å². The van der Waals surface area contributed by atoms with Crippen molar-refractivity contribution in [3.8, 4) is 0 Å². The van der Waals surface area contributed by atoms with Crippen LogP contribution in [0.3, 0.4) is 0 Å². The second kappa shape index (κ2) is 3.71. The van der Waals surface area contributed by atoms with E-state index in [1.165, 1.54) is 11.1 Å². The molecule has 0 aliphatic rings. The average molecular weight is 242 g/mol. The molecular formula is C15H12ClN. The number of aryl methyl sites for hydroxylation is 2. The minimum Gasteiger partial charge on any atom is -0.248 e. The molecule has 0 fully saturated rings. The third-order valence-electron chi connectivity index (χ3n) is 3.02. The lowest BCUT2D eigenvalue weighted by molar-refractivity contribution is 1.42. The molecule has 1 heterocycles. The average Bonchev–Trinajstić information content (AvgIpc) is 2.28. The molecule has 3 rings (SSSR count). The SMILES string of the molecule is Cc1ccc2c(Cl)c3ccc(C)cc3nc2c1. The van der Waals surface area contributed by atoms with Crippen molar-refractivity contribution in [3.63, 3.8) is 0 Å². The molecule has 0 unspecified atom stereocenters. The van der Waals surface area contributed by atoms with Gasteiger partial charge in [-0.25, -0.2) is 4.98 Å². The first-order chi connectivity index (χ1) is 8.15. The maximum atomic E-state index is 6.44. The summed E-state index contributed by atoms with van der Waals surface area (Å²) in [6, 6.07) is 12.4. The Labute approximate surface area is 105 Å². The molecule has 0 amide bonds. The van der Waals surface area contributed by atoms with Crippen LogP contribution in [0.1, 0.15) is 11.1 Å². The van der Waals surface area contributed by atoms with E-state index in [2.05, 4.69) is 43.1 Å². The van der Waals surface area contributed by atoms with Crippen LogP contribution in [0.2, 0.25) is 5.02 Å². The van der Waals surface area contributed by atoms with Gasteiger partial charge in [-0.1, -0.05) is 35.9 Å². The van der Waals surface area contributed by atoms with Crippen molar-refractivity contribution in [2.45, 2.75) is 13.8 Å². The molecule has 0 saturated heterocycles. The summed E-state index contributed by atoms with van der Waals surface area (Å²) in [4.78, 5) is 4.68. The van der Waals surface area contributed by atoms with Gasteiger partial charge in [0.15, 0.2) is 0 Å². The van der Waals surface area contributed by atoms with Gasteiger partial charge in [-0.2, -0.15) is 0 Å². The van der Waals surface area contributed by atoms with Crippen LogP contribution >= 0.6 is 11.6 Å². The van der Waals surface area contributed by atoms with Gasteiger partial charge in [0.05, 0.1) is 16.1 Å². The maximum absolute atomic E-state index is 6.44. The van der Waals surface area contributed by atoms with Crippen molar-refractivity contribution in [3.05, 3.63) is 52.5 Å². The van der Waals surface area contributed by atoms with Gasteiger partial charge in [0.25, 0.3) is 0 Å². The highest BCUT2D eigenvalue weighted by Crippen LogP contribution is 2.31. The summed E-state index contributed by atoms with van der Waals surface area (Å²) in [7, 11) is 0. The van der Waals surface area contributed by atoms with E-state index in [1.54, 1.807) is 0 Å². The molecular weight excluding hydrogens is 230 g/mol. The fourth-order valence-corrected chi connectivity index (χ4v) is 2.43. The van der Waals surface area contributed by atoms with Gasteiger partial charge in [-0.05, 0) is 37.1 Å². The number of halogens is 1. The zero-order valence-electron chi connectivity index (χ0n) is 9.79. The molecule has 0 N–H and O–H groups in total. The normalized spacial score (nSPS) is 11.2. The number of rotatable bonds is 0. The molecule has 0 bridgehead atoms. The van der Waals surface area contributed by atoms with Crippen LogP contribution in [0.25, 0.3) is 21.8 Å². The van der Waals surface area contributed by atoms with E-state index < -0.39 is 0 Å². The number of hydrogen-bond acceptors (Lipinski definition) is 1. The standard InChI is InChI=1S/C15H12ClN/c1-9-3-5-11-13(7-9)17-14-8-10(2)4-6-12(14)15(11)16/h3-8H,1-2H3. The summed E-state index contributed by atoms with van der Waals surface area (Å²) in [5.41, 5.74) is 4.34. The summed E-state index contributed by atoms with van der Waals surface area (Å²) in [5.74, 6) is 0. The highest BCUT2D eigenvalue weighted by Gasteiger charge is 2.07. The van der Waals surface area contributed by atoms with Gasteiger partial charge in [-0.3, -0.25) is 0 Å². The molecule has 0 aliphatic heterocycles. The second-order valence-electron chi connectivity index (χ2n) is 4.47. The fraction of sp³-hybridized carbons (Fsp3) is 0.133. The van der Waals surface area contributed by atoms with Crippen LogP contribution in [-0.2, 0) is 0 Å². The Kier molecular flexibility index (Phi) is 2.30. The molecule has 17 heavy (non-hydrogen) atoms. The van der Waals surface area contributed by atoms with Gasteiger partial charge in [0.1, 0.15) is 0 Å². The number of hydrogen-bond donors (Lipinski definition) is 0. The Morgan fingerprint density at radius 2 is 1.29 bits per heavy atom. The zero-order chi connectivity index (χ0) is 12.0. The van der Waals surface area contributed by atoms with Gasteiger partial charge in [0, 0.05) is 10.8 Å². The molecule has 0 spiro atoms. The third-order valence-corrected chi connectivity index (χ3v) is 3.43. The maximum Gasteiger partial charge on any atom is 0.0727 e. The Morgan fingerprint density at radius 3 is 1.76 bits per heavy atom. The zero-order valence-corrected chi connectivity index (χ0v) is 10.5. The molecule has 0 atom stereocenters. The largest absolute Gasteiger partial charge is 0.248 e. The Balaban J connectivity index is 2.52. The molecule has 1 aromatic heterocycles. The number of nitrogens with zero attached hydrogens (tertiary/aromatic N) is 1. The van der Waals surface area contributed by atoms with E-state index in [4.69, 9.17) is 11.6 Å². The predicted molar refractivity (Wildman–Crippen MR) is 73.7 cm³/mol. The summed E-state index contributed by atoms with van der Waals surface area (Å²) in [5, 5.41) is 2.84. The molecule has 0 saturated carbocycles. The summed E-state index contributed by atoms with van der Waals surface area (Å²) >= 11 is 6.44. The highest BCUT2D eigenvalue weighted by atomic mass is 35.5. The molecule has 84 valence electrons. The van der Waals surface area contributed by atoms with E-state index in [9.17, 15) is 0 Å². The lowest BCUT2D eigenvalue weighted by Gasteiger charge is -2.06. The molecule has 1 nitrogen and oxygen atoms in total. The van der Waals surface area contributed by atoms with Gasteiger partial charge >= 0.3 is 0 Å². The lowest BCUT2D eigenvalue weighted by Crippen LogP contribution is -1.86. The fourth-order valence-electron chi connectivity index (χ4n) is 2.11. The molecule has 2 aromatic carbocycles. The van der Waals surface area contributed by atoms with Gasteiger partial charge < -0.3 is 0 Å². The predicted octanol–water partition coefficient (Wildman–Crippen LogP) is 4.66. The number of pyridine rings is 1. The van der Waals surface area contributed by atoms with Crippen molar-refractivity contribution < 1.29 is 0 Å². The number of fused-ring (bicyclic) bond motifs is 2. The summed E-state index contributed by atoms with van der Waals surface area (Å²) in [6.45, 7) is 4.13.